The smallest absolute Gasteiger partial charge is 0.255 e. The standard InChI is InChI=1S/C14H19BrN2O3S/c1-9(2)10-5-6-17(8-10)14(18)12-7-11(21(16,19)20)3-4-13(12)15/h3-4,7,9-10H,5-6,8H2,1-2H3,(H2,16,19,20). The van der Waals surface area contributed by atoms with Gasteiger partial charge >= 0.3 is 0 Å². The van der Waals surface area contributed by atoms with Crippen LogP contribution in [0.25, 0.3) is 0 Å². The predicted octanol–water partition coefficient (Wildman–Crippen LogP) is 2.21. The summed E-state index contributed by atoms with van der Waals surface area (Å²) in [6, 6.07) is 4.27. The SMILES string of the molecule is CC(C)C1CCN(C(=O)c2cc(S(N)(=O)=O)ccc2Br)C1. The number of hydrogen-bond donors (Lipinski definition) is 1. The van der Waals surface area contributed by atoms with Crippen molar-refractivity contribution < 1.29 is 13.2 Å². The number of carbonyl (C=O) groups excluding carboxylic acids is 1. The van der Waals surface area contributed by atoms with Crippen LogP contribution in [0.3, 0.4) is 0 Å². The monoisotopic (exact) mass is 374 g/mol. The number of rotatable bonds is 3. The number of amides is 1. The van der Waals surface area contributed by atoms with Crippen LogP contribution in [-0.4, -0.2) is 32.3 Å². The molecule has 21 heavy (non-hydrogen) atoms. The van der Waals surface area contributed by atoms with Crippen molar-refractivity contribution >= 4 is 31.9 Å². The van der Waals surface area contributed by atoms with E-state index in [1.165, 1.54) is 12.1 Å². The summed E-state index contributed by atoms with van der Waals surface area (Å²) in [6.45, 7) is 5.71. The minimum atomic E-state index is -3.81. The van der Waals surface area contributed by atoms with Gasteiger partial charge in [0, 0.05) is 17.6 Å². The highest BCUT2D eigenvalue weighted by atomic mass is 79.9. The predicted molar refractivity (Wildman–Crippen MR) is 84.4 cm³/mol. The molecule has 0 saturated carbocycles. The first kappa shape index (κ1) is 16.5. The van der Waals surface area contributed by atoms with Gasteiger partial charge in [-0.1, -0.05) is 13.8 Å². The van der Waals surface area contributed by atoms with E-state index in [0.29, 0.717) is 35.0 Å². The van der Waals surface area contributed by atoms with Crippen LogP contribution < -0.4 is 5.14 Å². The zero-order valence-corrected chi connectivity index (χ0v) is 14.4. The van der Waals surface area contributed by atoms with Crippen LogP contribution in [0.15, 0.2) is 27.6 Å². The highest BCUT2D eigenvalue weighted by Gasteiger charge is 2.29. The molecule has 1 atom stereocenters. The molecule has 1 amide bonds. The van der Waals surface area contributed by atoms with E-state index in [1.807, 2.05) is 0 Å². The van der Waals surface area contributed by atoms with Crippen molar-refractivity contribution in [1.82, 2.24) is 4.90 Å². The van der Waals surface area contributed by atoms with Crippen molar-refractivity contribution in [3.05, 3.63) is 28.2 Å². The molecule has 1 aliphatic heterocycles. The number of likely N-dealkylation sites (tertiary alicyclic amines) is 1. The molecule has 0 bridgehead atoms. The Labute approximate surface area is 133 Å². The Kier molecular flexibility index (Phi) is 4.75. The second-order valence-electron chi connectivity index (χ2n) is 5.73. The number of halogens is 1. The van der Waals surface area contributed by atoms with E-state index in [2.05, 4.69) is 29.8 Å². The third-order valence-electron chi connectivity index (χ3n) is 3.95. The number of nitrogens with zero attached hydrogens (tertiary/aromatic N) is 1. The van der Waals surface area contributed by atoms with Crippen molar-refractivity contribution in [2.45, 2.75) is 25.2 Å². The van der Waals surface area contributed by atoms with Gasteiger partial charge in [-0.2, -0.15) is 0 Å². The van der Waals surface area contributed by atoms with Gasteiger partial charge in [0.1, 0.15) is 0 Å². The van der Waals surface area contributed by atoms with E-state index >= 15 is 0 Å². The summed E-state index contributed by atoms with van der Waals surface area (Å²) >= 11 is 3.31. The lowest BCUT2D eigenvalue weighted by atomic mass is 9.95. The molecule has 1 saturated heterocycles. The van der Waals surface area contributed by atoms with Crippen molar-refractivity contribution in [2.24, 2.45) is 17.0 Å². The Morgan fingerprint density at radius 2 is 2.10 bits per heavy atom. The van der Waals surface area contributed by atoms with E-state index < -0.39 is 10.0 Å². The third-order valence-corrected chi connectivity index (χ3v) is 5.55. The first-order valence-corrected chi connectivity index (χ1v) is 9.15. The first-order valence-electron chi connectivity index (χ1n) is 6.81. The summed E-state index contributed by atoms with van der Waals surface area (Å²) in [5.74, 6) is 0.867. The van der Waals surface area contributed by atoms with Gasteiger partial charge in [-0.3, -0.25) is 4.79 Å². The molecule has 1 aromatic rings. The second kappa shape index (κ2) is 6.06. The fraction of sp³-hybridized carbons (Fsp3) is 0.500. The number of nitrogens with two attached hydrogens (primary N) is 1. The Morgan fingerprint density at radius 1 is 1.43 bits per heavy atom. The van der Waals surface area contributed by atoms with E-state index in [0.717, 1.165) is 6.42 Å². The summed E-state index contributed by atoms with van der Waals surface area (Å²) in [7, 11) is -3.81. The molecule has 1 aromatic carbocycles. The van der Waals surface area contributed by atoms with Gasteiger partial charge in [-0.15, -0.1) is 0 Å². The highest BCUT2D eigenvalue weighted by Crippen LogP contribution is 2.27. The summed E-state index contributed by atoms with van der Waals surface area (Å²) in [5.41, 5.74) is 0.339. The van der Waals surface area contributed by atoms with E-state index in [-0.39, 0.29) is 10.8 Å². The number of primary sulfonamides is 1. The number of hydrogen-bond acceptors (Lipinski definition) is 3. The fourth-order valence-electron chi connectivity index (χ4n) is 2.53. The van der Waals surface area contributed by atoms with E-state index in [9.17, 15) is 13.2 Å². The van der Waals surface area contributed by atoms with Gasteiger partial charge in [0.15, 0.2) is 0 Å². The lowest BCUT2D eigenvalue weighted by Crippen LogP contribution is -2.30. The Balaban J connectivity index is 2.28. The molecule has 2 N–H and O–H groups in total. The van der Waals surface area contributed by atoms with Gasteiger partial charge in [0.2, 0.25) is 10.0 Å². The molecule has 0 spiro atoms. The molecule has 1 aliphatic rings. The van der Waals surface area contributed by atoms with E-state index in [4.69, 9.17) is 5.14 Å². The van der Waals surface area contributed by atoms with Crippen molar-refractivity contribution in [3.8, 4) is 0 Å². The number of benzene rings is 1. The molecular formula is C14H19BrN2O3S. The van der Waals surface area contributed by atoms with Gasteiger partial charge in [0.25, 0.3) is 5.91 Å². The minimum absolute atomic E-state index is 0.0475. The number of carbonyl (C=O) groups is 1. The maximum Gasteiger partial charge on any atom is 0.255 e. The molecule has 1 heterocycles. The summed E-state index contributed by atoms with van der Waals surface area (Å²) < 4.78 is 23.4. The molecule has 5 nitrogen and oxygen atoms in total. The summed E-state index contributed by atoms with van der Waals surface area (Å²) in [5, 5.41) is 5.12. The largest absolute Gasteiger partial charge is 0.338 e. The number of sulfonamides is 1. The zero-order chi connectivity index (χ0) is 15.8. The van der Waals surface area contributed by atoms with Gasteiger partial charge in [0.05, 0.1) is 10.5 Å². The molecule has 2 rings (SSSR count). The fourth-order valence-corrected chi connectivity index (χ4v) is 3.49. The quantitative estimate of drug-likeness (QED) is 0.880. The van der Waals surface area contributed by atoms with Gasteiger partial charge in [-0.25, -0.2) is 13.6 Å². The molecule has 0 aliphatic carbocycles. The molecule has 1 fully saturated rings. The van der Waals surface area contributed by atoms with Crippen LogP contribution in [0.2, 0.25) is 0 Å². The van der Waals surface area contributed by atoms with Crippen LogP contribution >= 0.6 is 15.9 Å². The average Bonchev–Trinajstić information content (AvgIpc) is 2.86. The molecule has 7 heteroatoms. The normalized spacial score (nSPS) is 19.3. The maximum absolute atomic E-state index is 12.6. The molecule has 1 unspecified atom stereocenters. The first-order chi connectivity index (χ1) is 9.70. The van der Waals surface area contributed by atoms with Crippen LogP contribution in [0.1, 0.15) is 30.6 Å². The van der Waals surface area contributed by atoms with Crippen molar-refractivity contribution in [1.29, 1.82) is 0 Å². The Hall–Kier alpha value is -0.920. The Bertz CT molecular complexity index is 658. The summed E-state index contributed by atoms with van der Waals surface area (Å²) in [4.78, 5) is 14.3. The lowest BCUT2D eigenvalue weighted by molar-refractivity contribution is 0.0783. The Morgan fingerprint density at radius 3 is 2.62 bits per heavy atom. The van der Waals surface area contributed by atoms with E-state index in [1.54, 1.807) is 11.0 Å². The van der Waals surface area contributed by atoms with Crippen molar-refractivity contribution in [3.63, 3.8) is 0 Å². The van der Waals surface area contributed by atoms with Crippen molar-refractivity contribution in [2.75, 3.05) is 13.1 Å². The minimum Gasteiger partial charge on any atom is -0.338 e. The van der Waals surface area contributed by atoms with Crippen LogP contribution in [0, 0.1) is 11.8 Å². The lowest BCUT2D eigenvalue weighted by Gasteiger charge is -2.19. The topological polar surface area (TPSA) is 80.5 Å². The zero-order valence-electron chi connectivity index (χ0n) is 12.0. The molecule has 0 aromatic heterocycles. The maximum atomic E-state index is 12.6. The van der Waals surface area contributed by atoms with Crippen LogP contribution in [0.4, 0.5) is 0 Å². The molecular weight excluding hydrogens is 356 g/mol. The van der Waals surface area contributed by atoms with Crippen LogP contribution in [-0.2, 0) is 10.0 Å². The highest BCUT2D eigenvalue weighted by molar-refractivity contribution is 9.10. The van der Waals surface area contributed by atoms with Gasteiger partial charge in [-0.05, 0) is 52.4 Å². The summed E-state index contributed by atoms with van der Waals surface area (Å²) in [6.07, 6.45) is 0.982. The van der Waals surface area contributed by atoms with Crippen LogP contribution in [0.5, 0.6) is 0 Å². The molecule has 116 valence electrons. The third kappa shape index (κ3) is 3.64. The average molecular weight is 375 g/mol. The van der Waals surface area contributed by atoms with Gasteiger partial charge < -0.3 is 4.90 Å². The molecule has 0 radical (unpaired) electrons. The second-order valence-corrected chi connectivity index (χ2v) is 8.15.